The molecule has 6 atom stereocenters. The average molecular weight is 443 g/mol. The second kappa shape index (κ2) is 11.5. The zero-order chi connectivity index (χ0) is 23.8. The first-order chi connectivity index (χ1) is 15.2. The Bertz CT molecular complexity index is 770. The number of aliphatic hydroxyl groups excluding tert-OH is 4. The quantitative estimate of drug-likeness (QED) is 0.262. The van der Waals surface area contributed by atoms with Gasteiger partial charge in [0.05, 0.1) is 12.2 Å². The molecule has 0 aliphatic rings. The van der Waals surface area contributed by atoms with Gasteiger partial charge < -0.3 is 30.6 Å². The van der Waals surface area contributed by atoms with E-state index in [1.54, 1.807) is 60.7 Å². The molecule has 0 aromatic heterocycles. The van der Waals surface area contributed by atoms with Gasteiger partial charge in [0.1, 0.15) is 23.4 Å². The minimum atomic E-state index is -2.23. The zero-order valence-corrected chi connectivity index (χ0v) is 18.2. The first-order valence-corrected chi connectivity index (χ1v) is 10.7. The molecule has 0 aliphatic carbocycles. The van der Waals surface area contributed by atoms with Crippen molar-refractivity contribution in [2.24, 2.45) is 0 Å². The molecule has 0 spiro atoms. The van der Waals surface area contributed by atoms with Gasteiger partial charge in [0.2, 0.25) is 0 Å². The molecule has 6 heteroatoms. The molecular formula is C26H34O6. The van der Waals surface area contributed by atoms with Crippen LogP contribution in [0, 0.1) is 0 Å². The molecule has 32 heavy (non-hydrogen) atoms. The molecule has 6 N–H and O–H groups in total. The Kier molecular flexibility index (Phi) is 9.33. The summed E-state index contributed by atoms with van der Waals surface area (Å²) in [7, 11) is 0. The van der Waals surface area contributed by atoms with Crippen LogP contribution in [-0.4, -0.2) is 66.3 Å². The third-order valence-corrected chi connectivity index (χ3v) is 5.92. The van der Waals surface area contributed by atoms with Gasteiger partial charge in [-0.1, -0.05) is 72.8 Å². The third-order valence-electron chi connectivity index (χ3n) is 5.92. The lowest BCUT2D eigenvalue weighted by molar-refractivity contribution is -0.232. The fourth-order valence-corrected chi connectivity index (χ4v) is 3.96. The summed E-state index contributed by atoms with van der Waals surface area (Å²) in [6.45, 7) is 7.13. The van der Waals surface area contributed by atoms with Crippen molar-refractivity contribution in [2.45, 2.75) is 61.3 Å². The van der Waals surface area contributed by atoms with Gasteiger partial charge in [0.15, 0.2) is 0 Å². The van der Waals surface area contributed by atoms with Crippen LogP contribution in [0.5, 0.6) is 0 Å². The van der Waals surface area contributed by atoms with E-state index in [0.29, 0.717) is 11.1 Å². The summed E-state index contributed by atoms with van der Waals surface area (Å²) >= 11 is 0. The number of aliphatic hydroxyl groups is 6. The monoisotopic (exact) mass is 442 g/mol. The lowest BCUT2D eigenvalue weighted by atomic mass is 9.73. The van der Waals surface area contributed by atoms with E-state index in [1.807, 2.05) is 0 Å². The molecule has 0 amide bonds. The van der Waals surface area contributed by atoms with E-state index in [2.05, 4.69) is 13.2 Å². The largest absolute Gasteiger partial charge is 0.390 e. The van der Waals surface area contributed by atoms with E-state index in [4.69, 9.17) is 0 Å². The van der Waals surface area contributed by atoms with E-state index >= 15 is 0 Å². The van der Waals surface area contributed by atoms with Gasteiger partial charge in [-0.05, 0) is 24.0 Å². The Balaban J connectivity index is 2.45. The maximum atomic E-state index is 11.4. The molecule has 2 rings (SSSR count). The molecule has 2 aromatic rings. The van der Waals surface area contributed by atoms with Crippen LogP contribution in [-0.2, 0) is 12.8 Å². The summed E-state index contributed by atoms with van der Waals surface area (Å²) in [5.41, 5.74) is -3.23. The molecule has 0 heterocycles. The molecule has 174 valence electrons. The summed E-state index contributed by atoms with van der Waals surface area (Å²) in [5, 5.41) is 66.5. The van der Waals surface area contributed by atoms with Gasteiger partial charge in [-0.2, -0.15) is 0 Å². The summed E-state index contributed by atoms with van der Waals surface area (Å²) in [6, 6.07) is 17.4. The van der Waals surface area contributed by atoms with Gasteiger partial charge in [0.25, 0.3) is 0 Å². The van der Waals surface area contributed by atoms with Gasteiger partial charge >= 0.3 is 0 Å². The highest BCUT2D eigenvalue weighted by atomic mass is 16.4. The molecule has 0 aliphatic heterocycles. The molecule has 0 saturated heterocycles. The van der Waals surface area contributed by atoms with Gasteiger partial charge in [-0.25, -0.2) is 0 Å². The number of hydrogen-bond donors (Lipinski definition) is 6. The molecular weight excluding hydrogens is 408 g/mol. The van der Waals surface area contributed by atoms with Crippen molar-refractivity contribution in [3.8, 4) is 0 Å². The van der Waals surface area contributed by atoms with Crippen LogP contribution in [0.2, 0.25) is 0 Å². The smallest absolute Gasteiger partial charge is 0.123 e. The Hall–Kier alpha value is -2.32. The molecule has 0 radical (unpaired) electrons. The van der Waals surface area contributed by atoms with Gasteiger partial charge in [-0.15, -0.1) is 13.2 Å². The van der Waals surface area contributed by atoms with Crippen molar-refractivity contribution in [3.63, 3.8) is 0 Å². The van der Waals surface area contributed by atoms with Crippen molar-refractivity contribution < 1.29 is 30.6 Å². The third kappa shape index (κ3) is 5.92. The molecule has 0 saturated carbocycles. The minimum absolute atomic E-state index is 0.0561. The SMILES string of the molecule is C=CCC(O)[C@](O)(Cc1ccccc1)[C@@H](O)[C@H](O)[C@@](O)(Cc1ccccc1)C(O)CC=C. The Labute approximate surface area is 189 Å². The van der Waals surface area contributed by atoms with E-state index in [9.17, 15) is 30.6 Å². The molecule has 0 bridgehead atoms. The van der Waals surface area contributed by atoms with Crippen LogP contribution in [0.4, 0.5) is 0 Å². The summed E-state index contributed by atoms with van der Waals surface area (Å²) < 4.78 is 0. The highest BCUT2D eigenvalue weighted by molar-refractivity contribution is 5.22. The van der Waals surface area contributed by atoms with Crippen LogP contribution in [0.15, 0.2) is 86.0 Å². The maximum absolute atomic E-state index is 11.4. The second-order valence-electron chi connectivity index (χ2n) is 8.28. The number of benzene rings is 2. The van der Waals surface area contributed by atoms with E-state index in [-0.39, 0.29) is 25.7 Å². The Morgan fingerprint density at radius 3 is 1.22 bits per heavy atom. The van der Waals surface area contributed by atoms with Crippen molar-refractivity contribution in [2.75, 3.05) is 0 Å². The highest BCUT2D eigenvalue weighted by Crippen LogP contribution is 2.33. The van der Waals surface area contributed by atoms with Gasteiger partial charge in [0, 0.05) is 12.8 Å². The zero-order valence-electron chi connectivity index (χ0n) is 18.2. The van der Waals surface area contributed by atoms with E-state index < -0.39 is 35.6 Å². The first-order valence-electron chi connectivity index (χ1n) is 10.7. The van der Waals surface area contributed by atoms with Crippen LogP contribution in [0.25, 0.3) is 0 Å². The van der Waals surface area contributed by atoms with Crippen LogP contribution in [0.3, 0.4) is 0 Å². The number of rotatable bonds is 13. The standard InChI is InChI=1S/C26H34O6/c1-3-11-21(27)25(31,17-19-13-7-5-8-14-19)23(29)24(30)26(32,22(28)12-4-2)18-20-15-9-6-10-16-20/h3-10,13-16,21-24,27-32H,1-2,11-12,17-18H2/t21?,22?,23-,24-,25+,26+/m0/s1. The fourth-order valence-electron chi connectivity index (χ4n) is 3.96. The maximum Gasteiger partial charge on any atom is 0.123 e. The van der Waals surface area contributed by atoms with Crippen LogP contribution in [0.1, 0.15) is 24.0 Å². The summed E-state index contributed by atoms with van der Waals surface area (Å²) in [6.07, 6.45) is -4.68. The van der Waals surface area contributed by atoms with Gasteiger partial charge in [-0.3, -0.25) is 0 Å². The minimum Gasteiger partial charge on any atom is -0.390 e. The molecule has 2 unspecified atom stereocenters. The lowest BCUT2D eigenvalue weighted by Crippen LogP contribution is -2.66. The first kappa shape index (κ1) is 25.9. The van der Waals surface area contributed by atoms with Crippen molar-refractivity contribution in [3.05, 3.63) is 97.1 Å². The normalized spacial score (nSPS) is 19.1. The second-order valence-corrected chi connectivity index (χ2v) is 8.28. The number of hydrogen-bond acceptors (Lipinski definition) is 6. The lowest BCUT2D eigenvalue weighted by Gasteiger charge is -2.45. The molecule has 0 fully saturated rings. The average Bonchev–Trinajstić information content (AvgIpc) is 2.79. The fraction of sp³-hybridized carbons (Fsp3) is 0.385. The predicted octanol–water partition coefficient (Wildman–Crippen LogP) is 1.53. The highest BCUT2D eigenvalue weighted by Gasteiger charge is 2.54. The Morgan fingerprint density at radius 2 is 0.938 bits per heavy atom. The van der Waals surface area contributed by atoms with Crippen molar-refractivity contribution in [1.82, 2.24) is 0 Å². The summed E-state index contributed by atoms with van der Waals surface area (Å²) in [4.78, 5) is 0. The van der Waals surface area contributed by atoms with Crippen molar-refractivity contribution >= 4 is 0 Å². The van der Waals surface area contributed by atoms with E-state index in [1.165, 1.54) is 12.2 Å². The van der Waals surface area contributed by atoms with E-state index in [0.717, 1.165) is 0 Å². The topological polar surface area (TPSA) is 121 Å². The predicted molar refractivity (Wildman–Crippen MR) is 124 cm³/mol. The summed E-state index contributed by atoms with van der Waals surface area (Å²) in [5.74, 6) is 0. The molecule has 6 nitrogen and oxygen atoms in total. The van der Waals surface area contributed by atoms with Crippen molar-refractivity contribution in [1.29, 1.82) is 0 Å². The van der Waals surface area contributed by atoms with Crippen LogP contribution >= 0.6 is 0 Å². The Morgan fingerprint density at radius 1 is 0.625 bits per heavy atom. The molecule has 2 aromatic carbocycles. The van der Waals surface area contributed by atoms with Crippen LogP contribution < -0.4 is 0 Å².